The van der Waals surface area contributed by atoms with Crippen molar-refractivity contribution >= 4 is 29.9 Å². The molecule has 0 fully saturated rings. The summed E-state index contributed by atoms with van der Waals surface area (Å²) in [7, 11) is 0. The molecule has 2 N–H and O–H groups in total. The van der Waals surface area contributed by atoms with E-state index >= 15 is 0 Å². The molecule has 0 spiro atoms. The van der Waals surface area contributed by atoms with E-state index in [1.165, 1.54) is 0 Å². The maximum absolute atomic E-state index is 12.2. The smallest absolute Gasteiger partial charge is 0.361 e. The summed E-state index contributed by atoms with van der Waals surface area (Å²) in [6, 6.07) is 0. The fourth-order valence-electron chi connectivity index (χ4n) is 2.18. The third-order valence-corrected chi connectivity index (χ3v) is 3.15. The largest absolute Gasteiger partial charge is 0.390 e. The molecule has 1 heterocycles. The van der Waals surface area contributed by atoms with E-state index in [4.69, 9.17) is 4.52 Å². The molecule has 1 atom stereocenters. The quantitative estimate of drug-likeness (QED) is 0.397. The Morgan fingerprint density at radius 1 is 1.30 bits per heavy atom. The lowest BCUT2D eigenvalue weighted by Gasteiger charge is -2.14. The zero-order valence-corrected chi connectivity index (χ0v) is 16.1. The Bertz CT molecular complexity index is 483. The van der Waals surface area contributed by atoms with Crippen LogP contribution >= 0.6 is 24.0 Å². The Hall–Kier alpha value is -1.00. The van der Waals surface area contributed by atoms with Gasteiger partial charge in [0.15, 0.2) is 5.96 Å². The first kappa shape index (κ1) is 22.0. The standard InChI is InChI=1S/C14H23F3N4O.HI/c1-5-18-13(19-7-6-14(15,16)17)20-8-9(2)12-10(3)21-22-11(12)4;/h9H,5-8H2,1-4H3,(H2,18,19,20);1H. The van der Waals surface area contributed by atoms with Gasteiger partial charge in [0, 0.05) is 31.1 Å². The number of guanidine groups is 1. The highest BCUT2D eigenvalue weighted by Crippen LogP contribution is 2.23. The first-order valence-corrected chi connectivity index (χ1v) is 7.26. The molecule has 0 saturated carbocycles. The van der Waals surface area contributed by atoms with Crippen LogP contribution in [-0.2, 0) is 0 Å². The number of nitrogens with one attached hydrogen (secondary N) is 2. The molecule has 0 bridgehead atoms. The van der Waals surface area contributed by atoms with E-state index < -0.39 is 12.6 Å². The molecular weight excluding hydrogens is 424 g/mol. The second-order valence-electron chi connectivity index (χ2n) is 5.15. The van der Waals surface area contributed by atoms with Gasteiger partial charge in [0.2, 0.25) is 0 Å². The van der Waals surface area contributed by atoms with Crippen LogP contribution in [0.15, 0.2) is 9.52 Å². The van der Waals surface area contributed by atoms with Gasteiger partial charge in [-0.15, -0.1) is 24.0 Å². The molecule has 0 aliphatic carbocycles. The van der Waals surface area contributed by atoms with Gasteiger partial charge in [-0.2, -0.15) is 13.2 Å². The van der Waals surface area contributed by atoms with Crippen molar-refractivity contribution in [3.8, 4) is 0 Å². The Morgan fingerprint density at radius 2 is 1.96 bits per heavy atom. The third-order valence-electron chi connectivity index (χ3n) is 3.15. The highest BCUT2D eigenvalue weighted by atomic mass is 127. The second kappa shape index (κ2) is 9.99. The number of aromatic nitrogens is 1. The van der Waals surface area contributed by atoms with E-state index in [1.807, 2.05) is 27.7 Å². The van der Waals surface area contributed by atoms with Crippen LogP contribution in [-0.4, -0.2) is 36.9 Å². The monoisotopic (exact) mass is 448 g/mol. The maximum atomic E-state index is 12.2. The molecule has 1 aromatic rings. The maximum Gasteiger partial charge on any atom is 0.390 e. The molecule has 1 unspecified atom stereocenters. The highest BCUT2D eigenvalue weighted by molar-refractivity contribution is 14.0. The van der Waals surface area contributed by atoms with E-state index in [0.29, 0.717) is 19.0 Å². The zero-order chi connectivity index (χ0) is 16.8. The number of hydrogen-bond acceptors (Lipinski definition) is 3. The SMILES string of the molecule is CCNC(=NCC(C)c1c(C)noc1C)NCCC(F)(F)F.I. The van der Waals surface area contributed by atoms with Gasteiger partial charge in [-0.25, -0.2) is 0 Å². The van der Waals surface area contributed by atoms with Crippen LogP contribution in [0.1, 0.15) is 43.2 Å². The molecule has 0 radical (unpaired) electrons. The molecular formula is C14H24F3IN4O. The lowest BCUT2D eigenvalue weighted by atomic mass is 10.00. The fraction of sp³-hybridized carbons (Fsp3) is 0.714. The van der Waals surface area contributed by atoms with Crippen LogP contribution in [0.4, 0.5) is 13.2 Å². The van der Waals surface area contributed by atoms with Gasteiger partial charge in [0.1, 0.15) is 5.76 Å². The molecule has 9 heteroatoms. The average molecular weight is 448 g/mol. The number of aryl methyl sites for hydroxylation is 2. The summed E-state index contributed by atoms with van der Waals surface area (Å²) >= 11 is 0. The van der Waals surface area contributed by atoms with Crippen LogP contribution in [0, 0.1) is 13.8 Å². The van der Waals surface area contributed by atoms with Gasteiger partial charge < -0.3 is 15.2 Å². The van der Waals surface area contributed by atoms with Gasteiger partial charge in [-0.3, -0.25) is 4.99 Å². The highest BCUT2D eigenvalue weighted by Gasteiger charge is 2.26. The van der Waals surface area contributed by atoms with E-state index in [1.54, 1.807) is 0 Å². The van der Waals surface area contributed by atoms with Gasteiger partial charge in [-0.1, -0.05) is 12.1 Å². The molecule has 23 heavy (non-hydrogen) atoms. The first-order chi connectivity index (χ1) is 10.2. The van der Waals surface area contributed by atoms with E-state index in [0.717, 1.165) is 17.0 Å². The van der Waals surface area contributed by atoms with Crippen molar-refractivity contribution in [2.75, 3.05) is 19.6 Å². The minimum Gasteiger partial charge on any atom is -0.361 e. The summed E-state index contributed by atoms with van der Waals surface area (Å²) in [4.78, 5) is 4.33. The van der Waals surface area contributed by atoms with Gasteiger partial charge in [0.25, 0.3) is 0 Å². The molecule has 1 aromatic heterocycles. The molecule has 0 amide bonds. The zero-order valence-electron chi connectivity index (χ0n) is 13.8. The third kappa shape index (κ3) is 7.89. The molecule has 0 saturated heterocycles. The number of rotatable bonds is 6. The van der Waals surface area contributed by atoms with Crippen LogP contribution in [0.25, 0.3) is 0 Å². The Kier molecular flexibility index (Phi) is 9.55. The predicted octanol–water partition coefficient (Wildman–Crippen LogP) is 3.52. The number of alkyl halides is 3. The summed E-state index contributed by atoms with van der Waals surface area (Å²) in [5.74, 6) is 1.20. The van der Waals surface area contributed by atoms with Crippen LogP contribution in [0.5, 0.6) is 0 Å². The molecule has 0 aliphatic rings. The Balaban J connectivity index is 0.00000484. The molecule has 134 valence electrons. The van der Waals surface area contributed by atoms with Gasteiger partial charge in [-0.05, 0) is 20.8 Å². The molecule has 0 aliphatic heterocycles. The summed E-state index contributed by atoms with van der Waals surface area (Å²) in [5.41, 5.74) is 1.81. The summed E-state index contributed by atoms with van der Waals surface area (Å²) < 4.78 is 41.6. The summed E-state index contributed by atoms with van der Waals surface area (Å²) in [6.45, 7) is 8.35. The Labute approximate surface area is 151 Å². The van der Waals surface area contributed by atoms with Crippen molar-refractivity contribution in [3.63, 3.8) is 0 Å². The lowest BCUT2D eigenvalue weighted by Crippen LogP contribution is -2.39. The van der Waals surface area contributed by atoms with Crippen LogP contribution < -0.4 is 10.6 Å². The number of nitrogens with zero attached hydrogens (tertiary/aromatic N) is 2. The Morgan fingerprint density at radius 3 is 2.43 bits per heavy atom. The van der Waals surface area contributed by atoms with Gasteiger partial charge >= 0.3 is 6.18 Å². The second-order valence-corrected chi connectivity index (χ2v) is 5.15. The molecule has 5 nitrogen and oxygen atoms in total. The van der Waals surface area contributed by atoms with Crippen molar-refractivity contribution in [1.29, 1.82) is 0 Å². The van der Waals surface area contributed by atoms with E-state index in [-0.39, 0.29) is 36.4 Å². The number of hydrogen-bond donors (Lipinski definition) is 2. The fourth-order valence-corrected chi connectivity index (χ4v) is 2.18. The van der Waals surface area contributed by atoms with Crippen LogP contribution in [0.2, 0.25) is 0 Å². The van der Waals surface area contributed by atoms with E-state index in [2.05, 4.69) is 20.8 Å². The summed E-state index contributed by atoms with van der Waals surface area (Å²) in [5, 5.41) is 9.52. The van der Waals surface area contributed by atoms with Gasteiger partial charge in [0.05, 0.1) is 12.1 Å². The topological polar surface area (TPSA) is 62.5 Å². The van der Waals surface area contributed by atoms with Crippen LogP contribution in [0.3, 0.4) is 0 Å². The number of halogens is 4. The van der Waals surface area contributed by atoms with Crippen molar-refractivity contribution in [3.05, 3.63) is 17.0 Å². The normalized spacial score (nSPS) is 13.4. The predicted molar refractivity (Wildman–Crippen MR) is 94.5 cm³/mol. The number of aliphatic imine (C=N–C) groups is 1. The molecule has 1 rings (SSSR count). The first-order valence-electron chi connectivity index (χ1n) is 7.26. The van der Waals surface area contributed by atoms with Crippen molar-refractivity contribution < 1.29 is 17.7 Å². The average Bonchev–Trinajstić information content (AvgIpc) is 2.74. The van der Waals surface area contributed by atoms with Crippen molar-refractivity contribution in [2.24, 2.45) is 4.99 Å². The van der Waals surface area contributed by atoms with E-state index in [9.17, 15) is 13.2 Å². The van der Waals surface area contributed by atoms with Crippen molar-refractivity contribution in [1.82, 2.24) is 15.8 Å². The summed E-state index contributed by atoms with van der Waals surface area (Å²) in [6.07, 6.45) is -5.06. The van der Waals surface area contributed by atoms with Crippen molar-refractivity contribution in [2.45, 2.75) is 46.2 Å². The molecule has 0 aromatic carbocycles. The minimum absolute atomic E-state index is 0. The minimum atomic E-state index is -4.17. The lowest BCUT2D eigenvalue weighted by molar-refractivity contribution is -0.132.